The van der Waals surface area contributed by atoms with Crippen LogP contribution in [0.3, 0.4) is 0 Å². The molecule has 1 amide bonds. The Morgan fingerprint density at radius 2 is 1.83 bits per heavy atom. The van der Waals surface area contributed by atoms with Gasteiger partial charge < -0.3 is 20.1 Å². The van der Waals surface area contributed by atoms with Crippen molar-refractivity contribution in [1.82, 2.24) is 14.9 Å². The van der Waals surface area contributed by atoms with Crippen molar-refractivity contribution in [2.75, 3.05) is 42.9 Å². The fourth-order valence-electron chi connectivity index (χ4n) is 3.65. The molecule has 7 nitrogen and oxygen atoms in total. The van der Waals surface area contributed by atoms with Gasteiger partial charge in [0.05, 0.1) is 5.39 Å². The maximum Gasteiger partial charge on any atom is 0.261 e. The summed E-state index contributed by atoms with van der Waals surface area (Å²) in [4.78, 5) is 37.3. The molecule has 0 radical (unpaired) electrons. The second-order valence-electron chi connectivity index (χ2n) is 7.30. The molecule has 0 unspecified atom stereocenters. The number of aryl methyl sites for hydroxylation is 1. The van der Waals surface area contributed by atoms with Crippen LogP contribution in [0.4, 0.5) is 11.4 Å². The fraction of sp³-hybridized carbons (Fsp3) is 0.318. The van der Waals surface area contributed by atoms with Crippen LogP contribution in [0.15, 0.2) is 47.4 Å². The summed E-state index contributed by atoms with van der Waals surface area (Å²) in [6.07, 6.45) is 1.42. The van der Waals surface area contributed by atoms with Crippen LogP contribution >= 0.6 is 0 Å². The number of hydrogen-bond acceptors (Lipinski definition) is 5. The average Bonchev–Trinajstić information content (AvgIpc) is 2.74. The Morgan fingerprint density at radius 1 is 1.10 bits per heavy atom. The molecule has 0 spiro atoms. The van der Waals surface area contributed by atoms with Crippen molar-refractivity contribution in [3.05, 3.63) is 64.1 Å². The molecule has 150 valence electrons. The van der Waals surface area contributed by atoms with Crippen LogP contribution < -0.4 is 15.6 Å². The standard InChI is InChI=1S/C22H25N5O2/c1-3-26-10-12-27(13-11-26)17-7-5-16(6-8-17)25-22(29)19-14-23-21-18(20(19)28)9-4-15(2)24-21/h4-9,14H,3,10-13H2,1-2H3,(H,25,29)(H,23,24,28). The number of nitrogens with zero attached hydrogens (tertiary/aromatic N) is 3. The van der Waals surface area contributed by atoms with Gasteiger partial charge in [-0.15, -0.1) is 0 Å². The van der Waals surface area contributed by atoms with Gasteiger partial charge in [0, 0.05) is 49.4 Å². The van der Waals surface area contributed by atoms with Gasteiger partial charge in [-0.05, 0) is 49.9 Å². The van der Waals surface area contributed by atoms with Gasteiger partial charge in [-0.25, -0.2) is 4.98 Å². The number of carbonyl (C=O) groups excluding carboxylic acids is 1. The number of likely N-dealkylation sites (N-methyl/N-ethyl adjacent to an activating group) is 1. The summed E-state index contributed by atoms with van der Waals surface area (Å²) in [6, 6.07) is 11.2. The zero-order valence-electron chi connectivity index (χ0n) is 16.7. The van der Waals surface area contributed by atoms with E-state index in [-0.39, 0.29) is 11.0 Å². The molecule has 1 fully saturated rings. The average molecular weight is 391 g/mol. The number of pyridine rings is 2. The van der Waals surface area contributed by atoms with Gasteiger partial charge in [0.2, 0.25) is 5.43 Å². The normalized spacial score (nSPS) is 14.9. The highest BCUT2D eigenvalue weighted by molar-refractivity contribution is 6.05. The molecule has 1 aromatic carbocycles. The van der Waals surface area contributed by atoms with E-state index >= 15 is 0 Å². The largest absolute Gasteiger partial charge is 0.369 e. The second-order valence-corrected chi connectivity index (χ2v) is 7.30. The number of anilines is 2. The molecule has 0 atom stereocenters. The van der Waals surface area contributed by atoms with Crippen LogP contribution in [0.1, 0.15) is 23.0 Å². The monoisotopic (exact) mass is 391 g/mol. The Balaban J connectivity index is 1.47. The molecule has 2 aromatic heterocycles. The van der Waals surface area contributed by atoms with E-state index < -0.39 is 5.91 Å². The Bertz CT molecular complexity index is 1080. The number of carbonyl (C=O) groups is 1. The Labute approximate surface area is 169 Å². The van der Waals surface area contributed by atoms with Crippen LogP contribution in [0.25, 0.3) is 11.0 Å². The molecule has 0 saturated carbocycles. The number of aromatic nitrogens is 2. The van der Waals surface area contributed by atoms with Crippen LogP contribution in [0.2, 0.25) is 0 Å². The number of piperazine rings is 1. The summed E-state index contributed by atoms with van der Waals surface area (Å²) >= 11 is 0. The summed E-state index contributed by atoms with van der Waals surface area (Å²) in [7, 11) is 0. The molecule has 1 aliphatic rings. The fourth-order valence-corrected chi connectivity index (χ4v) is 3.65. The maximum atomic E-state index is 12.7. The highest BCUT2D eigenvalue weighted by Crippen LogP contribution is 2.20. The Kier molecular flexibility index (Phi) is 5.31. The van der Waals surface area contributed by atoms with Crippen molar-refractivity contribution < 1.29 is 4.79 Å². The third-order valence-electron chi connectivity index (χ3n) is 5.43. The highest BCUT2D eigenvalue weighted by Gasteiger charge is 2.17. The van der Waals surface area contributed by atoms with Gasteiger partial charge in [0.15, 0.2) is 0 Å². The lowest BCUT2D eigenvalue weighted by molar-refractivity contribution is 0.102. The Hall–Kier alpha value is -3.19. The molecule has 1 saturated heterocycles. The van der Waals surface area contributed by atoms with Crippen LogP contribution in [0, 0.1) is 6.92 Å². The molecule has 0 aliphatic carbocycles. The van der Waals surface area contributed by atoms with Crippen molar-refractivity contribution in [3.8, 4) is 0 Å². The summed E-state index contributed by atoms with van der Waals surface area (Å²) < 4.78 is 0. The quantitative estimate of drug-likeness (QED) is 0.715. The predicted molar refractivity (Wildman–Crippen MR) is 116 cm³/mol. The number of benzene rings is 1. The lowest BCUT2D eigenvalue weighted by Gasteiger charge is -2.35. The molecule has 29 heavy (non-hydrogen) atoms. The summed E-state index contributed by atoms with van der Waals surface area (Å²) in [6.45, 7) is 9.25. The van der Waals surface area contributed by atoms with Crippen LogP contribution in [-0.4, -0.2) is 53.5 Å². The minimum Gasteiger partial charge on any atom is -0.369 e. The SMILES string of the molecule is CCN1CCN(c2ccc(NC(=O)c3c[nH]c4nc(C)ccc4c3=O)cc2)CC1. The summed E-state index contributed by atoms with van der Waals surface area (Å²) in [5.41, 5.74) is 2.84. The van der Waals surface area contributed by atoms with Crippen molar-refractivity contribution >= 4 is 28.3 Å². The first-order valence-corrected chi connectivity index (χ1v) is 9.93. The molecule has 7 heteroatoms. The highest BCUT2D eigenvalue weighted by atomic mass is 16.2. The first kappa shape index (κ1) is 19.1. The topological polar surface area (TPSA) is 81.3 Å². The minimum atomic E-state index is -0.432. The molecule has 0 bridgehead atoms. The van der Waals surface area contributed by atoms with Crippen LogP contribution in [-0.2, 0) is 0 Å². The minimum absolute atomic E-state index is 0.0721. The smallest absolute Gasteiger partial charge is 0.261 e. The molecule has 1 aliphatic heterocycles. The molecule has 4 rings (SSSR count). The first-order valence-electron chi connectivity index (χ1n) is 9.93. The van der Waals surface area contributed by atoms with Crippen LogP contribution in [0.5, 0.6) is 0 Å². The third-order valence-corrected chi connectivity index (χ3v) is 5.43. The zero-order valence-corrected chi connectivity index (χ0v) is 16.7. The van der Waals surface area contributed by atoms with Gasteiger partial charge in [-0.1, -0.05) is 6.92 Å². The number of amides is 1. The second kappa shape index (κ2) is 8.05. The molecule has 2 N–H and O–H groups in total. The number of H-pyrrole nitrogens is 1. The van der Waals surface area contributed by atoms with Gasteiger partial charge in [-0.2, -0.15) is 0 Å². The van der Waals surface area contributed by atoms with Crippen molar-refractivity contribution in [1.29, 1.82) is 0 Å². The molecular formula is C22H25N5O2. The first-order chi connectivity index (χ1) is 14.0. The molecule has 3 aromatic rings. The maximum absolute atomic E-state index is 12.7. The van der Waals surface area contributed by atoms with E-state index in [1.54, 1.807) is 12.1 Å². The van der Waals surface area contributed by atoms with E-state index in [1.165, 1.54) is 6.20 Å². The number of hydrogen-bond donors (Lipinski definition) is 2. The Morgan fingerprint density at radius 3 is 2.52 bits per heavy atom. The van der Waals surface area contributed by atoms with Crippen molar-refractivity contribution in [3.63, 3.8) is 0 Å². The summed E-state index contributed by atoms with van der Waals surface area (Å²) in [5.74, 6) is -0.432. The van der Waals surface area contributed by atoms with E-state index in [0.717, 1.165) is 44.1 Å². The summed E-state index contributed by atoms with van der Waals surface area (Å²) in [5, 5.41) is 3.22. The van der Waals surface area contributed by atoms with Gasteiger partial charge in [0.25, 0.3) is 5.91 Å². The number of nitrogens with one attached hydrogen (secondary N) is 2. The van der Waals surface area contributed by atoms with Gasteiger partial charge >= 0.3 is 0 Å². The van der Waals surface area contributed by atoms with Gasteiger partial charge in [0.1, 0.15) is 11.2 Å². The zero-order chi connectivity index (χ0) is 20.4. The number of rotatable bonds is 4. The van der Waals surface area contributed by atoms with E-state index in [0.29, 0.717) is 16.7 Å². The lowest BCUT2D eigenvalue weighted by Crippen LogP contribution is -2.46. The number of aromatic amines is 1. The lowest BCUT2D eigenvalue weighted by atomic mass is 10.1. The molecule has 3 heterocycles. The van der Waals surface area contributed by atoms with Crippen molar-refractivity contribution in [2.24, 2.45) is 0 Å². The predicted octanol–water partition coefficient (Wildman–Crippen LogP) is 2.63. The van der Waals surface area contributed by atoms with E-state index in [9.17, 15) is 9.59 Å². The molecular weight excluding hydrogens is 366 g/mol. The number of fused-ring (bicyclic) bond motifs is 1. The van der Waals surface area contributed by atoms with Gasteiger partial charge in [-0.3, -0.25) is 9.59 Å². The van der Waals surface area contributed by atoms with Crippen molar-refractivity contribution in [2.45, 2.75) is 13.8 Å². The third kappa shape index (κ3) is 4.00. The van der Waals surface area contributed by atoms with E-state index in [2.05, 4.69) is 32.0 Å². The van der Waals surface area contributed by atoms with E-state index in [4.69, 9.17) is 0 Å². The van der Waals surface area contributed by atoms with E-state index in [1.807, 2.05) is 31.2 Å².